The lowest BCUT2D eigenvalue weighted by molar-refractivity contribution is 0.376. The molecular weight excluding hydrogens is 417 g/mol. The molecule has 0 aromatic heterocycles. The van der Waals surface area contributed by atoms with E-state index in [-0.39, 0.29) is 0 Å². The predicted molar refractivity (Wildman–Crippen MR) is 130 cm³/mol. The summed E-state index contributed by atoms with van der Waals surface area (Å²) in [6.45, 7) is 4.05. The molecular formula is C27H26NO3P. The van der Waals surface area contributed by atoms with E-state index in [0.29, 0.717) is 11.5 Å². The van der Waals surface area contributed by atoms with E-state index in [9.17, 15) is 4.57 Å². The largest absolute Gasteiger partial charge is 0.457 e. The van der Waals surface area contributed by atoms with E-state index in [2.05, 4.69) is 5.32 Å². The van der Waals surface area contributed by atoms with Crippen molar-refractivity contribution in [3.8, 4) is 11.5 Å². The maximum absolute atomic E-state index is 14.6. The van der Waals surface area contributed by atoms with Crippen LogP contribution >= 0.6 is 7.60 Å². The van der Waals surface area contributed by atoms with E-state index in [4.69, 9.17) is 9.05 Å². The topological polar surface area (TPSA) is 47.6 Å². The lowest BCUT2D eigenvalue weighted by atomic mass is 10.1. The van der Waals surface area contributed by atoms with E-state index in [1.807, 2.05) is 98.8 Å². The summed E-state index contributed by atoms with van der Waals surface area (Å²) in [7, 11) is -3.81. The van der Waals surface area contributed by atoms with Crippen LogP contribution in [-0.4, -0.2) is 0 Å². The van der Waals surface area contributed by atoms with Gasteiger partial charge in [-0.3, -0.25) is 0 Å². The van der Waals surface area contributed by atoms with Crippen molar-refractivity contribution >= 4 is 13.3 Å². The highest BCUT2D eigenvalue weighted by Gasteiger charge is 2.41. The van der Waals surface area contributed by atoms with Gasteiger partial charge in [-0.05, 0) is 54.8 Å². The van der Waals surface area contributed by atoms with E-state index >= 15 is 0 Å². The number of nitrogens with one attached hydrogen (secondary N) is 1. The van der Waals surface area contributed by atoms with E-state index in [0.717, 1.165) is 22.4 Å². The van der Waals surface area contributed by atoms with Crippen LogP contribution in [0, 0.1) is 13.8 Å². The second kappa shape index (κ2) is 9.76. The Balaban J connectivity index is 1.83. The van der Waals surface area contributed by atoms with Gasteiger partial charge in [0, 0.05) is 5.69 Å². The van der Waals surface area contributed by atoms with Gasteiger partial charge in [0.25, 0.3) is 0 Å². The molecule has 4 rings (SSSR count). The fraction of sp³-hybridized carbons (Fsp3) is 0.111. The molecule has 0 saturated heterocycles. The lowest BCUT2D eigenvalue weighted by Gasteiger charge is -2.30. The maximum Gasteiger partial charge on any atom is 0.457 e. The van der Waals surface area contributed by atoms with Crippen LogP contribution in [-0.2, 0) is 4.57 Å². The third kappa shape index (κ3) is 5.04. The minimum Gasteiger partial charge on any atom is -0.414 e. The van der Waals surface area contributed by atoms with Crippen LogP contribution in [0.25, 0.3) is 0 Å². The molecule has 0 bridgehead atoms. The first-order valence-corrected chi connectivity index (χ1v) is 12.1. The molecule has 0 radical (unpaired) electrons. The third-order valence-electron chi connectivity index (χ3n) is 5.15. The molecule has 4 nitrogen and oxygen atoms in total. The maximum atomic E-state index is 14.6. The van der Waals surface area contributed by atoms with Crippen LogP contribution in [0.2, 0.25) is 0 Å². The zero-order chi connectivity index (χ0) is 22.4. The molecule has 0 fully saturated rings. The molecule has 4 aromatic carbocycles. The summed E-state index contributed by atoms with van der Waals surface area (Å²) in [5.74, 6) is 0.232. The Morgan fingerprint density at radius 1 is 0.625 bits per heavy atom. The Hall–Kier alpha value is -3.49. The summed E-state index contributed by atoms with van der Waals surface area (Å²) >= 11 is 0. The average molecular weight is 443 g/mol. The normalized spacial score (nSPS) is 12.1. The molecule has 0 heterocycles. The van der Waals surface area contributed by atoms with Crippen molar-refractivity contribution in [1.29, 1.82) is 0 Å². The quantitative estimate of drug-likeness (QED) is 0.283. The van der Waals surface area contributed by atoms with Crippen molar-refractivity contribution < 1.29 is 13.6 Å². The molecule has 0 saturated carbocycles. The highest BCUT2D eigenvalue weighted by atomic mass is 31.2. The number of hydrogen-bond acceptors (Lipinski definition) is 4. The minimum atomic E-state index is -3.81. The Morgan fingerprint density at radius 3 is 1.53 bits per heavy atom. The second-order valence-electron chi connectivity index (χ2n) is 7.57. The molecule has 162 valence electrons. The monoisotopic (exact) mass is 443 g/mol. The van der Waals surface area contributed by atoms with Gasteiger partial charge in [-0.15, -0.1) is 0 Å². The number of benzene rings is 4. The van der Waals surface area contributed by atoms with Gasteiger partial charge < -0.3 is 14.4 Å². The zero-order valence-corrected chi connectivity index (χ0v) is 19.0. The van der Waals surface area contributed by atoms with E-state index in [1.165, 1.54) is 0 Å². The van der Waals surface area contributed by atoms with Gasteiger partial charge in [0.1, 0.15) is 11.5 Å². The molecule has 0 aliphatic rings. The summed E-state index contributed by atoms with van der Waals surface area (Å²) in [5.41, 5.74) is 3.83. The first kappa shape index (κ1) is 21.7. The van der Waals surface area contributed by atoms with Crippen molar-refractivity contribution in [1.82, 2.24) is 0 Å². The molecule has 0 amide bonds. The van der Waals surface area contributed by atoms with Gasteiger partial charge in [-0.2, -0.15) is 0 Å². The van der Waals surface area contributed by atoms with Gasteiger partial charge in [-0.1, -0.05) is 84.9 Å². The number of aryl methyl sites for hydroxylation is 2. The Kier molecular flexibility index (Phi) is 6.63. The first-order valence-electron chi connectivity index (χ1n) is 10.5. The van der Waals surface area contributed by atoms with Crippen molar-refractivity contribution in [3.05, 3.63) is 126 Å². The Labute approximate surface area is 189 Å². The SMILES string of the molecule is Cc1cccc(C)c1NC(c1ccccc1)P(=O)(Oc1ccccc1)Oc1ccccc1. The number of hydrogen-bond donors (Lipinski definition) is 1. The number of rotatable bonds is 8. The van der Waals surface area contributed by atoms with Gasteiger partial charge in [0.05, 0.1) is 0 Å². The highest BCUT2D eigenvalue weighted by molar-refractivity contribution is 7.55. The average Bonchev–Trinajstić information content (AvgIpc) is 2.80. The molecule has 0 aliphatic heterocycles. The molecule has 0 spiro atoms. The smallest absolute Gasteiger partial charge is 0.414 e. The molecule has 1 atom stereocenters. The summed E-state index contributed by atoms with van der Waals surface area (Å²) in [6.07, 6.45) is 0. The predicted octanol–water partition coefficient (Wildman–Crippen LogP) is 7.77. The second-order valence-corrected chi connectivity index (χ2v) is 9.53. The Bertz CT molecular complexity index is 1130. The van der Waals surface area contributed by atoms with E-state index in [1.54, 1.807) is 24.3 Å². The standard InChI is InChI=1S/C27H26NO3P/c1-21-13-12-14-22(2)26(21)28-27(23-15-6-3-7-16-23)32(29,30-24-17-8-4-9-18-24)31-25-19-10-5-11-20-25/h3-20,27-28H,1-2H3. The zero-order valence-electron chi connectivity index (χ0n) is 18.1. The molecule has 1 N–H and O–H groups in total. The summed E-state index contributed by atoms with van der Waals surface area (Å²) < 4.78 is 26.9. The fourth-order valence-corrected chi connectivity index (χ4v) is 5.44. The van der Waals surface area contributed by atoms with Gasteiger partial charge in [-0.25, -0.2) is 4.57 Å². The van der Waals surface area contributed by atoms with E-state index < -0.39 is 13.4 Å². The van der Waals surface area contributed by atoms with Crippen LogP contribution in [0.5, 0.6) is 11.5 Å². The fourth-order valence-electron chi connectivity index (χ4n) is 3.54. The van der Waals surface area contributed by atoms with Crippen LogP contribution < -0.4 is 14.4 Å². The van der Waals surface area contributed by atoms with Crippen LogP contribution in [0.4, 0.5) is 5.69 Å². The first-order chi connectivity index (χ1) is 15.5. The lowest BCUT2D eigenvalue weighted by Crippen LogP contribution is -2.19. The van der Waals surface area contributed by atoms with Gasteiger partial charge in [0.2, 0.25) is 0 Å². The van der Waals surface area contributed by atoms with Crippen molar-refractivity contribution in [2.24, 2.45) is 0 Å². The third-order valence-corrected chi connectivity index (χ3v) is 7.14. The van der Waals surface area contributed by atoms with Crippen molar-refractivity contribution in [2.75, 3.05) is 5.32 Å². The molecule has 1 unspecified atom stereocenters. The highest BCUT2D eigenvalue weighted by Crippen LogP contribution is 2.60. The van der Waals surface area contributed by atoms with Crippen molar-refractivity contribution in [3.63, 3.8) is 0 Å². The van der Waals surface area contributed by atoms with Crippen LogP contribution in [0.1, 0.15) is 22.5 Å². The molecule has 5 heteroatoms. The Morgan fingerprint density at radius 2 is 1.06 bits per heavy atom. The van der Waals surface area contributed by atoms with Crippen molar-refractivity contribution in [2.45, 2.75) is 19.6 Å². The van der Waals surface area contributed by atoms with Crippen LogP contribution in [0.15, 0.2) is 109 Å². The summed E-state index contributed by atoms with van der Waals surface area (Å²) in [4.78, 5) is 0. The van der Waals surface area contributed by atoms with Crippen LogP contribution in [0.3, 0.4) is 0 Å². The molecule has 0 aliphatic carbocycles. The summed E-state index contributed by atoms with van der Waals surface area (Å²) in [5, 5.41) is 3.50. The molecule has 4 aromatic rings. The minimum absolute atomic E-state index is 0.482. The number of para-hydroxylation sites is 3. The number of anilines is 1. The summed E-state index contributed by atoms with van der Waals surface area (Å²) in [6, 6.07) is 34.0. The van der Waals surface area contributed by atoms with Gasteiger partial charge >= 0.3 is 7.60 Å². The molecule has 32 heavy (non-hydrogen) atoms. The van der Waals surface area contributed by atoms with Gasteiger partial charge in [0.15, 0.2) is 5.78 Å².